The number of rotatable bonds is 4. The Morgan fingerprint density at radius 3 is 2.44 bits per heavy atom. The van der Waals surface area contributed by atoms with Crippen LogP contribution in [-0.2, 0) is 16.1 Å². The maximum absolute atomic E-state index is 12.5. The lowest BCUT2D eigenvalue weighted by Crippen LogP contribution is -2.44. The van der Waals surface area contributed by atoms with E-state index in [1.807, 2.05) is 29.2 Å². The average molecular weight is 363 g/mol. The highest BCUT2D eigenvalue weighted by molar-refractivity contribution is 6.30. The Morgan fingerprint density at radius 2 is 1.88 bits per heavy atom. The quantitative estimate of drug-likeness (QED) is 0.894. The molecule has 3 fully saturated rings. The zero-order chi connectivity index (χ0) is 17.6. The van der Waals surface area contributed by atoms with Crippen LogP contribution in [0.4, 0.5) is 0 Å². The molecular weight excluding hydrogens is 340 g/mol. The topological polar surface area (TPSA) is 60.9 Å². The molecule has 2 atom stereocenters. The number of carbonyl (C=O) groups is 2. The van der Waals surface area contributed by atoms with Gasteiger partial charge in [0.25, 0.3) is 0 Å². The summed E-state index contributed by atoms with van der Waals surface area (Å²) in [5.41, 5.74) is 0.318. The first-order chi connectivity index (χ1) is 12.0. The van der Waals surface area contributed by atoms with Gasteiger partial charge in [0.1, 0.15) is 5.41 Å². The zero-order valence-corrected chi connectivity index (χ0v) is 14.9. The summed E-state index contributed by atoms with van der Waals surface area (Å²) in [6, 6.07) is 7.69. The van der Waals surface area contributed by atoms with Crippen LogP contribution >= 0.6 is 11.6 Å². The molecule has 4 rings (SSSR count). The lowest BCUT2D eigenvalue weighted by Gasteiger charge is -2.31. The van der Waals surface area contributed by atoms with Gasteiger partial charge in [-0.1, -0.05) is 30.2 Å². The predicted octanol–water partition coefficient (Wildman–Crippen LogP) is 2.49. The Kier molecular flexibility index (Phi) is 4.24. The summed E-state index contributed by atoms with van der Waals surface area (Å²) < 4.78 is 0. The highest BCUT2D eigenvalue weighted by Gasteiger charge is 2.58. The van der Waals surface area contributed by atoms with E-state index in [1.54, 1.807) is 0 Å². The van der Waals surface area contributed by atoms with Crippen molar-refractivity contribution in [1.82, 2.24) is 9.80 Å². The Hall–Kier alpha value is -1.59. The van der Waals surface area contributed by atoms with Crippen LogP contribution in [0.1, 0.15) is 24.8 Å². The SMILES string of the molecule is O=C(C1CCC1)N1CC2CN(Cc3ccc(Cl)cc3)CC2(C(=O)O)C1. The third kappa shape index (κ3) is 2.93. The molecule has 1 aromatic carbocycles. The summed E-state index contributed by atoms with van der Waals surface area (Å²) in [5.74, 6) is -0.443. The molecule has 1 aromatic rings. The fourth-order valence-electron chi connectivity index (χ4n) is 4.52. The van der Waals surface area contributed by atoms with Crippen LogP contribution in [-0.4, -0.2) is 53.0 Å². The van der Waals surface area contributed by atoms with Crippen molar-refractivity contribution in [3.63, 3.8) is 0 Å². The second-order valence-electron chi connectivity index (χ2n) is 7.80. The molecule has 1 aliphatic carbocycles. The Bertz CT molecular complexity index is 688. The zero-order valence-electron chi connectivity index (χ0n) is 14.2. The van der Waals surface area contributed by atoms with Crippen molar-refractivity contribution in [1.29, 1.82) is 0 Å². The molecule has 2 heterocycles. The van der Waals surface area contributed by atoms with Crippen LogP contribution < -0.4 is 0 Å². The largest absolute Gasteiger partial charge is 0.481 e. The second-order valence-corrected chi connectivity index (χ2v) is 8.24. The fraction of sp³-hybridized carbons (Fsp3) is 0.579. The van der Waals surface area contributed by atoms with Crippen LogP contribution in [0.2, 0.25) is 5.02 Å². The Morgan fingerprint density at radius 1 is 1.16 bits per heavy atom. The number of halogens is 1. The number of nitrogens with zero attached hydrogens (tertiary/aromatic N) is 2. The van der Waals surface area contributed by atoms with Gasteiger partial charge in [0.2, 0.25) is 5.91 Å². The molecule has 0 aromatic heterocycles. The monoisotopic (exact) mass is 362 g/mol. The third-order valence-corrected chi connectivity index (χ3v) is 6.44. The maximum atomic E-state index is 12.5. The van der Waals surface area contributed by atoms with Gasteiger partial charge in [-0.25, -0.2) is 0 Å². The highest BCUT2D eigenvalue weighted by Crippen LogP contribution is 2.44. The van der Waals surface area contributed by atoms with Gasteiger partial charge in [-0.3, -0.25) is 14.5 Å². The van der Waals surface area contributed by atoms with Crippen LogP contribution in [0.25, 0.3) is 0 Å². The van der Waals surface area contributed by atoms with Gasteiger partial charge < -0.3 is 10.0 Å². The van der Waals surface area contributed by atoms with Crippen LogP contribution in [0.15, 0.2) is 24.3 Å². The summed E-state index contributed by atoms with van der Waals surface area (Å²) in [4.78, 5) is 28.6. The first-order valence-corrected chi connectivity index (χ1v) is 9.35. The molecule has 2 unspecified atom stereocenters. The van der Waals surface area contributed by atoms with Gasteiger partial charge >= 0.3 is 5.97 Å². The number of benzene rings is 1. The molecular formula is C19H23ClN2O3. The van der Waals surface area contributed by atoms with E-state index in [9.17, 15) is 14.7 Å². The summed E-state index contributed by atoms with van der Waals surface area (Å²) in [6.45, 7) is 2.89. The summed E-state index contributed by atoms with van der Waals surface area (Å²) in [7, 11) is 0. The second kappa shape index (κ2) is 6.29. The number of carboxylic acids is 1. The molecule has 25 heavy (non-hydrogen) atoms. The van der Waals surface area contributed by atoms with Gasteiger partial charge in [-0.15, -0.1) is 0 Å². The van der Waals surface area contributed by atoms with Gasteiger partial charge in [-0.2, -0.15) is 0 Å². The fourth-order valence-corrected chi connectivity index (χ4v) is 4.65. The van der Waals surface area contributed by atoms with E-state index in [4.69, 9.17) is 11.6 Å². The molecule has 0 spiro atoms. The smallest absolute Gasteiger partial charge is 0.313 e. The minimum absolute atomic E-state index is 0.0151. The number of carboxylic acid groups (broad SMARTS) is 1. The summed E-state index contributed by atoms with van der Waals surface area (Å²) in [6.07, 6.45) is 3.04. The standard InChI is InChI=1S/C19H23ClN2O3/c20-16-6-4-13(5-7-16)8-21-9-15-10-22(17(23)14-2-1-3-14)12-19(15,11-21)18(24)25/h4-7,14-15H,1-3,8-12H2,(H,24,25). The predicted molar refractivity (Wildman–Crippen MR) is 94.2 cm³/mol. The van der Waals surface area contributed by atoms with Crippen molar-refractivity contribution < 1.29 is 14.7 Å². The lowest BCUT2D eigenvalue weighted by molar-refractivity contribution is -0.149. The molecule has 6 heteroatoms. The number of fused-ring (bicyclic) bond motifs is 1. The van der Waals surface area contributed by atoms with E-state index in [0.29, 0.717) is 24.7 Å². The van der Waals surface area contributed by atoms with Crippen molar-refractivity contribution >= 4 is 23.5 Å². The van der Waals surface area contributed by atoms with Crippen LogP contribution in [0.3, 0.4) is 0 Å². The van der Waals surface area contributed by atoms with Crippen LogP contribution in [0.5, 0.6) is 0 Å². The number of amides is 1. The van der Waals surface area contributed by atoms with Crippen molar-refractivity contribution in [2.45, 2.75) is 25.8 Å². The van der Waals surface area contributed by atoms with Crippen molar-refractivity contribution in [3.05, 3.63) is 34.9 Å². The molecule has 5 nitrogen and oxygen atoms in total. The van der Waals surface area contributed by atoms with E-state index in [1.165, 1.54) is 0 Å². The molecule has 1 N–H and O–H groups in total. The molecule has 1 saturated carbocycles. The number of carbonyl (C=O) groups excluding carboxylic acids is 1. The molecule has 0 radical (unpaired) electrons. The molecule has 2 aliphatic heterocycles. The van der Waals surface area contributed by atoms with E-state index < -0.39 is 11.4 Å². The highest BCUT2D eigenvalue weighted by atomic mass is 35.5. The van der Waals surface area contributed by atoms with Crippen molar-refractivity contribution in [2.24, 2.45) is 17.3 Å². The first-order valence-electron chi connectivity index (χ1n) is 8.97. The van der Waals surface area contributed by atoms with Crippen LogP contribution in [0, 0.1) is 17.3 Å². The van der Waals surface area contributed by atoms with E-state index in [-0.39, 0.29) is 17.7 Å². The minimum Gasteiger partial charge on any atom is -0.481 e. The van der Waals surface area contributed by atoms with Gasteiger partial charge in [0.05, 0.1) is 0 Å². The molecule has 1 amide bonds. The molecule has 3 aliphatic rings. The Labute approximate surface area is 152 Å². The molecule has 2 saturated heterocycles. The van der Waals surface area contributed by atoms with Crippen molar-refractivity contribution in [2.75, 3.05) is 26.2 Å². The van der Waals surface area contributed by atoms with Gasteiger partial charge in [0.15, 0.2) is 0 Å². The number of aliphatic carboxylic acids is 1. The first kappa shape index (κ1) is 16.9. The summed E-state index contributed by atoms with van der Waals surface area (Å²) in [5, 5.41) is 10.6. The number of hydrogen-bond donors (Lipinski definition) is 1. The van der Waals surface area contributed by atoms with E-state index >= 15 is 0 Å². The van der Waals surface area contributed by atoms with E-state index in [2.05, 4.69) is 4.90 Å². The number of hydrogen-bond acceptors (Lipinski definition) is 3. The van der Waals surface area contributed by atoms with Crippen molar-refractivity contribution in [3.8, 4) is 0 Å². The Balaban J connectivity index is 1.46. The molecule has 0 bridgehead atoms. The van der Waals surface area contributed by atoms with Gasteiger partial charge in [0, 0.05) is 49.6 Å². The minimum atomic E-state index is -0.814. The van der Waals surface area contributed by atoms with E-state index in [0.717, 1.165) is 37.9 Å². The summed E-state index contributed by atoms with van der Waals surface area (Å²) >= 11 is 5.93. The van der Waals surface area contributed by atoms with Gasteiger partial charge in [-0.05, 0) is 30.5 Å². The number of likely N-dealkylation sites (tertiary alicyclic amines) is 2. The normalized spacial score (nSPS) is 29.5. The molecule has 134 valence electrons. The lowest BCUT2D eigenvalue weighted by atomic mass is 9.81. The maximum Gasteiger partial charge on any atom is 0.313 e. The average Bonchev–Trinajstić information content (AvgIpc) is 3.02. The third-order valence-electron chi connectivity index (χ3n) is 6.19.